The molecule has 0 radical (unpaired) electrons. The molecule has 2 unspecified atom stereocenters. The molecule has 4 aliphatic rings. The van der Waals surface area contributed by atoms with Gasteiger partial charge >= 0.3 is 21.1 Å². The predicted octanol–water partition coefficient (Wildman–Crippen LogP) is 5.77. The van der Waals surface area contributed by atoms with Crippen LogP contribution < -0.4 is 19.3 Å². The Morgan fingerprint density at radius 1 is 0.691 bits per heavy atom. The van der Waals surface area contributed by atoms with E-state index in [0.29, 0.717) is 56.8 Å². The molecule has 0 spiro atoms. The summed E-state index contributed by atoms with van der Waals surface area (Å²) in [6, 6.07) is 12.4. The number of thioether (sulfide) groups is 2. The smallest absolute Gasteiger partial charge is 0.752 e. The maximum Gasteiger partial charge on any atom is 2.00 e. The molecule has 2 aromatic rings. The maximum atomic E-state index is 13.0. The van der Waals surface area contributed by atoms with E-state index < -0.39 is 0 Å². The van der Waals surface area contributed by atoms with Gasteiger partial charge in [0.15, 0.2) is 11.4 Å². The quantitative estimate of drug-likeness (QED) is 0.126. The van der Waals surface area contributed by atoms with Gasteiger partial charge in [-0.1, -0.05) is 12.8 Å². The molecule has 12 nitrogen and oxygen atoms in total. The fourth-order valence-corrected chi connectivity index (χ4v) is 7.50. The van der Waals surface area contributed by atoms with Gasteiger partial charge in [-0.25, -0.2) is 0 Å². The molecule has 55 heavy (non-hydrogen) atoms. The second kappa shape index (κ2) is 21.8. The van der Waals surface area contributed by atoms with Crippen molar-refractivity contribution in [3.8, 4) is 11.5 Å². The molecular formula is C38H50N8O4PtS4. The third-order valence-electron chi connectivity index (χ3n) is 10.3. The Balaban J connectivity index is 0.000000240. The Labute approximate surface area is 359 Å². The van der Waals surface area contributed by atoms with E-state index in [-0.39, 0.29) is 32.9 Å². The number of hydrogen-bond donors (Lipinski definition) is 0. The summed E-state index contributed by atoms with van der Waals surface area (Å²) >= 11 is 12.8. The molecule has 4 aliphatic heterocycles. The van der Waals surface area contributed by atoms with Gasteiger partial charge in [0.1, 0.15) is 11.5 Å². The molecule has 0 aliphatic carbocycles. The zero-order valence-electron chi connectivity index (χ0n) is 32.3. The van der Waals surface area contributed by atoms with Crippen molar-refractivity contribution >= 4 is 92.1 Å². The van der Waals surface area contributed by atoms with Crippen molar-refractivity contribution in [1.82, 2.24) is 9.80 Å². The van der Waals surface area contributed by atoms with Gasteiger partial charge in [0, 0.05) is 49.4 Å². The summed E-state index contributed by atoms with van der Waals surface area (Å²) in [5.74, 6) is 1.12. The minimum atomic E-state index is -0.129. The number of rotatable bonds is 10. The molecule has 2 saturated heterocycles. The Hall–Kier alpha value is -2.59. The monoisotopic (exact) mass is 1010 g/mol. The number of carbonyl (C=O) groups excluding carboxylic acids is 2. The topological polar surface area (TPSA) is 115 Å². The van der Waals surface area contributed by atoms with Crippen LogP contribution in [0.4, 0.5) is 11.4 Å². The van der Waals surface area contributed by atoms with Crippen molar-refractivity contribution in [2.24, 2.45) is 20.4 Å². The van der Waals surface area contributed by atoms with Crippen molar-refractivity contribution < 1.29 is 40.1 Å². The first kappa shape index (κ1) is 45.1. The molecule has 2 aromatic carbocycles. The van der Waals surface area contributed by atoms with Gasteiger partial charge in [0.2, 0.25) is 0 Å². The van der Waals surface area contributed by atoms with Crippen molar-refractivity contribution in [1.29, 1.82) is 0 Å². The first-order valence-corrected chi connectivity index (χ1v) is 21.6. The van der Waals surface area contributed by atoms with Gasteiger partial charge in [-0.05, 0) is 110 Å². The summed E-state index contributed by atoms with van der Waals surface area (Å²) in [7, 11) is 3.22. The van der Waals surface area contributed by atoms with Crippen LogP contribution in [-0.4, -0.2) is 120 Å². The molecule has 300 valence electrons. The van der Waals surface area contributed by atoms with Gasteiger partial charge in [0.05, 0.1) is 25.6 Å². The minimum absolute atomic E-state index is 0. The number of anilines is 2. The summed E-state index contributed by atoms with van der Waals surface area (Å²) < 4.78 is 11.4. The number of likely N-dealkylation sites (tertiary alicyclic amines) is 2. The van der Waals surface area contributed by atoms with Crippen LogP contribution >= 0.6 is 23.5 Å². The number of carbonyl (C=O) groups is 2. The van der Waals surface area contributed by atoms with E-state index in [4.69, 9.17) is 34.7 Å². The van der Waals surface area contributed by atoms with Crippen molar-refractivity contribution in [3.05, 3.63) is 47.5 Å². The molecule has 0 aromatic heterocycles. The van der Waals surface area contributed by atoms with E-state index in [1.165, 1.54) is 62.0 Å². The van der Waals surface area contributed by atoms with Crippen LogP contribution in [0.5, 0.6) is 11.5 Å². The van der Waals surface area contributed by atoms with E-state index in [9.17, 15) is 9.59 Å². The number of benzene rings is 2. The Morgan fingerprint density at radius 2 is 1.09 bits per heavy atom. The molecular weight excluding hydrogens is 956 g/mol. The van der Waals surface area contributed by atoms with Crippen LogP contribution in [0, 0.1) is 0 Å². The van der Waals surface area contributed by atoms with Gasteiger partial charge in [0.25, 0.3) is 11.8 Å². The Kier molecular flexibility index (Phi) is 17.9. The average molecular weight is 1010 g/mol. The number of fused-ring (bicyclic) bond motifs is 2. The van der Waals surface area contributed by atoms with Gasteiger partial charge in [-0.3, -0.25) is 19.4 Å². The molecule has 0 bridgehead atoms. The SMILES string of the molecule is COc1ccc2c(c1)/C(=N\N=C(/[S-])SC)C(=O)N2CCN1CCCCC1C.COc1ccc2c(c1)/C(=N\N=C(/[S-])SC)C(=O)N2CCN1CCCCC1C.[Pt+2]. The maximum absolute atomic E-state index is 13.0. The second-order valence-corrected chi connectivity index (χ2v) is 16.4. The summed E-state index contributed by atoms with van der Waals surface area (Å²) in [4.78, 5) is 34.6. The van der Waals surface area contributed by atoms with Gasteiger partial charge < -0.3 is 44.5 Å². The van der Waals surface area contributed by atoms with Crippen LogP contribution in [0.1, 0.15) is 63.5 Å². The number of nitrogens with zero attached hydrogens (tertiary/aromatic N) is 8. The Morgan fingerprint density at radius 3 is 1.44 bits per heavy atom. The summed E-state index contributed by atoms with van der Waals surface area (Å²) in [6.45, 7) is 9.69. The van der Waals surface area contributed by atoms with Crippen LogP contribution in [0.3, 0.4) is 0 Å². The second-order valence-electron chi connectivity index (χ2n) is 13.5. The summed E-state index contributed by atoms with van der Waals surface area (Å²) in [5.41, 5.74) is 3.86. The van der Waals surface area contributed by atoms with Gasteiger partial charge in [-0.15, -0.1) is 33.7 Å². The zero-order chi connectivity index (χ0) is 38.8. The number of hydrogen-bond acceptors (Lipinski definition) is 14. The molecule has 0 saturated carbocycles. The van der Waals surface area contributed by atoms with Crippen molar-refractivity contribution in [2.45, 2.75) is 64.5 Å². The van der Waals surface area contributed by atoms with Gasteiger partial charge in [-0.2, -0.15) is 10.2 Å². The first-order chi connectivity index (χ1) is 26.1. The molecule has 2 atom stereocenters. The summed E-state index contributed by atoms with van der Waals surface area (Å²) in [6.07, 6.45) is 11.1. The van der Waals surface area contributed by atoms with Crippen LogP contribution in [0.15, 0.2) is 56.8 Å². The standard InChI is InChI=1S/2C19H26N4O2S2.Pt/c2*1-13-6-4-5-9-22(13)10-11-23-16-8-7-14(25-2)12-15(16)17(18(23)24)20-21-19(26)27-3;/h2*7-8,12-13H,4-6,9-11H2,1-3H3,(H,21,26);/q;;+2/p-2/b2*20-17+;. The molecule has 2 fully saturated rings. The fourth-order valence-electron chi connectivity index (χ4n) is 7.18. The van der Waals surface area contributed by atoms with E-state index in [0.717, 1.165) is 48.7 Å². The minimum Gasteiger partial charge on any atom is -0.752 e. The molecule has 6 rings (SSSR count). The summed E-state index contributed by atoms with van der Waals surface area (Å²) in [5, 5.41) is 16.4. The molecule has 2 amide bonds. The number of amides is 2. The molecule has 0 N–H and O–H groups in total. The largest absolute Gasteiger partial charge is 2.00 e. The molecule has 4 heterocycles. The van der Waals surface area contributed by atoms with Crippen LogP contribution in [0.2, 0.25) is 0 Å². The van der Waals surface area contributed by atoms with E-state index in [1.807, 2.05) is 48.9 Å². The first-order valence-electron chi connectivity index (χ1n) is 18.3. The van der Waals surface area contributed by atoms with Crippen molar-refractivity contribution in [2.75, 3.05) is 75.8 Å². The Bertz CT molecular complexity index is 1670. The van der Waals surface area contributed by atoms with Crippen LogP contribution in [0.25, 0.3) is 0 Å². The number of methoxy groups -OCH3 is 2. The number of ether oxygens (including phenoxy) is 2. The fraction of sp³-hybridized carbons (Fsp3) is 0.526. The van der Waals surface area contributed by atoms with E-state index in [2.05, 4.69) is 44.1 Å². The van der Waals surface area contributed by atoms with Crippen molar-refractivity contribution in [3.63, 3.8) is 0 Å². The number of piperidine rings is 2. The van der Waals surface area contributed by atoms with E-state index >= 15 is 0 Å². The average Bonchev–Trinajstić information content (AvgIpc) is 3.61. The normalized spacial score (nSPS) is 22.0. The van der Waals surface area contributed by atoms with Crippen LogP contribution in [-0.2, 0) is 55.9 Å². The third-order valence-corrected chi connectivity index (χ3v) is 12.3. The third kappa shape index (κ3) is 11.3. The predicted molar refractivity (Wildman–Crippen MR) is 230 cm³/mol. The zero-order valence-corrected chi connectivity index (χ0v) is 37.8. The van der Waals surface area contributed by atoms with E-state index in [1.54, 1.807) is 24.0 Å². The molecule has 17 heteroatoms.